The van der Waals surface area contributed by atoms with Crippen LogP contribution in [0.4, 0.5) is 4.79 Å². The lowest BCUT2D eigenvalue weighted by Crippen LogP contribution is -2.47. The summed E-state index contributed by atoms with van der Waals surface area (Å²) in [5.41, 5.74) is 1.04. The third-order valence-electron chi connectivity index (χ3n) is 3.82. The number of piperidine rings is 1. The van der Waals surface area contributed by atoms with Crippen molar-refractivity contribution < 1.29 is 4.79 Å². The third-order valence-corrected chi connectivity index (χ3v) is 4.19. The van der Waals surface area contributed by atoms with Gasteiger partial charge in [0.1, 0.15) is 0 Å². The molecule has 1 aliphatic rings. The number of halogens is 1. The molecule has 1 aromatic rings. The van der Waals surface area contributed by atoms with Crippen molar-refractivity contribution in [3.8, 4) is 6.07 Å². The molecule has 1 heterocycles. The largest absolute Gasteiger partial charge is 0.335 e. The molecular formula is C16H20ClN3O. The maximum absolute atomic E-state index is 12.2. The lowest BCUT2D eigenvalue weighted by atomic mass is 9.99. The summed E-state index contributed by atoms with van der Waals surface area (Å²) in [6.45, 7) is 3.29. The van der Waals surface area contributed by atoms with Gasteiger partial charge >= 0.3 is 6.03 Å². The summed E-state index contributed by atoms with van der Waals surface area (Å²) in [7, 11) is 0. The van der Waals surface area contributed by atoms with E-state index in [-0.39, 0.29) is 18.0 Å². The first-order chi connectivity index (χ1) is 10.1. The first-order valence-electron chi connectivity index (χ1n) is 7.28. The molecule has 0 saturated carbocycles. The first-order valence-corrected chi connectivity index (χ1v) is 7.66. The van der Waals surface area contributed by atoms with Crippen LogP contribution < -0.4 is 5.32 Å². The highest BCUT2D eigenvalue weighted by molar-refractivity contribution is 6.31. The predicted molar refractivity (Wildman–Crippen MR) is 83.1 cm³/mol. The Morgan fingerprint density at radius 3 is 2.76 bits per heavy atom. The van der Waals surface area contributed by atoms with Gasteiger partial charge in [-0.1, -0.05) is 29.8 Å². The van der Waals surface area contributed by atoms with E-state index < -0.39 is 0 Å². The van der Waals surface area contributed by atoms with Crippen molar-refractivity contribution in [2.75, 3.05) is 13.1 Å². The van der Waals surface area contributed by atoms with Gasteiger partial charge in [0.05, 0.1) is 6.07 Å². The van der Waals surface area contributed by atoms with Crippen LogP contribution in [0, 0.1) is 17.2 Å². The zero-order chi connectivity index (χ0) is 15.2. The third kappa shape index (κ3) is 4.37. The lowest BCUT2D eigenvalue weighted by molar-refractivity contribution is 0.176. The second kappa shape index (κ2) is 7.33. The number of nitrogens with one attached hydrogen (secondary N) is 1. The number of rotatable bonds is 3. The van der Waals surface area contributed by atoms with Crippen molar-refractivity contribution in [1.82, 2.24) is 10.2 Å². The minimum atomic E-state index is -0.0501. The molecule has 1 aliphatic heterocycles. The topological polar surface area (TPSA) is 56.1 Å². The van der Waals surface area contributed by atoms with Crippen LogP contribution >= 0.6 is 11.6 Å². The quantitative estimate of drug-likeness (QED) is 0.932. The van der Waals surface area contributed by atoms with Crippen molar-refractivity contribution in [3.05, 3.63) is 34.9 Å². The van der Waals surface area contributed by atoms with Gasteiger partial charge in [-0.2, -0.15) is 5.26 Å². The van der Waals surface area contributed by atoms with Gasteiger partial charge in [0.25, 0.3) is 0 Å². The summed E-state index contributed by atoms with van der Waals surface area (Å²) in [6.07, 6.45) is 2.24. The highest BCUT2D eigenvalue weighted by atomic mass is 35.5. The van der Waals surface area contributed by atoms with E-state index in [1.807, 2.05) is 31.2 Å². The molecule has 5 heteroatoms. The normalized spacial score (nSPS) is 17.1. The summed E-state index contributed by atoms with van der Waals surface area (Å²) < 4.78 is 0. The van der Waals surface area contributed by atoms with Crippen LogP contribution in [0.3, 0.4) is 0 Å². The predicted octanol–water partition coefficient (Wildman–Crippen LogP) is 3.22. The molecule has 0 aliphatic carbocycles. The van der Waals surface area contributed by atoms with E-state index in [1.54, 1.807) is 4.90 Å². The summed E-state index contributed by atoms with van der Waals surface area (Å²) in [5.74, 6) is 0.0922. The highest BCUT2D eigenvalue weighted by Gasteiger charge is 2.23. The molecule has 4 nitrogen and oxygen atoms in total. The van der Waals surface area contributed by atoms with Gasteiger partial charge < -0.3 is 10.2 Å². The Balaban J connectivity index is 1.83. The Labute approximate surface area is 130 Å². The fourth-order valence-corrected chi connectivity index (χ4v) is 2.77. The second-order valence-electron chi connectivity index (χ2n) is 5.54. The van der Waals surface area contributed by atoms with E-state index in [0.717, 1.165) is 23.4 Å². The second-order valence-corrected chi connectivity index (χ2v) is 5.94. The van der Waals surface area contributed by atoms with Crippen LogP contribution in [-0.2, 0) is 6.42 Å². The average molecular weight is 306 g/mol. The molecule has 0 radical (unpaired) electrons. The van der Waals surface area contributed by atoms with E-state index in [1.165, 1.54) is 0 Å². The number of urea groups is 1. The van der Waals surface area contributed by atoms with Gasteiger partial charge in [-0.15, -0.1) is 0 Å². The van der Waals surface area contributed by atoms with Crippen molar-refractivity contribution in [2.24, 2.45) is 5.92 Å². The molecule has 1 atom stereocenters. The van der Waals surface area contributed by atoms with E-state index in [4.69, 9.17) is 16.9 Å². The van der Waals surface area contributed by atoms with Crippen LogP contribution in [0.15, 0.2) is 24.3 Å². The van der Waals surface area contributed by atoms with Gasteiger partial charge in [-0.25, -0.2) is 4.79 Å². The molecule has 0 aromatic heterocycles. The van der Waals surface area contributed by atoms with E-state index in [2.05, 4.69) is 11.4 Å². The average Bonchev–Trinajstić information content (AvgIpc) is 2.49. The molecule has 0 unspecified atom stereocenters. The molecule has 1 aromatic carbocycles. The molecule has 0 bridgehead atoms. The number of nitriles is 1. The number of hydrogen-bond acceptors (Lipinski definition) is 2. The Bertz CT molecular complexity index is 533. The molecule has 1 saturated heterocycles. The number of hydrogen-bond donors (Lipinski definition) is 1. The number of likely N-dealkylation sites (tertiary alicyclic amines) is 1. The number of nitrogens with zero attached hydrogens (tertiary/aromatic N) is 2. The van der Waals surface area contributed by atoms with Crippen LogP contribution in [-0.4, -0.2) is 30.1 Å². The Kier molecular flexibility index (Phi) is 5.46. The van der Waals surface area contributed by atoms with E-state index in [9.17, 15) is 4.79 Å². The van der Waals surface area contributed by atoms with Gasteiger partial charge in [-0.05, 0) is 37.8 Å². The maximum Gasteiger partial charge on any atom is 0.317 e. The fraction of sp³-hybridized carbons (Fsp3) is 0.500. The minimum Gasteiger partial charge on any atom is -0.335 e. The zero-order valence-corrected chi connectivity index (χ0v) is 12.9. The van der Waals surface area contributed by atoms with Gasteiger partial charge in [0.15, 0.2) is 0 Å². The minimum absolute atomic E-state index is 0.0195. The van der Waals surface area contributed by atoms with Crippen molar-refractivity contribution >= 4 is 17.6 Å². The van der Waals surface area contributed by atoms with Gasteiger partial charge in [-0.3, -0.25) is 0 Å². The first kappa shape index (κ1) is 15.7. The standard InChI is InChI=1S/C16H20ClN3O/c1-12(10-14-4-2-3-5-15(14)17)19-16(21)20-8-6-13(11-18)7-9-20/h2-5,12-13H,6-10H2,1H3,(H,19,21)/t12-/m0/s1. The van der Waals surface area contributed by atoms with Crippen molar-refractivity contribution in [1.29, 1.82) is 5.26 Å². The van der Waals surface area contributed by atoms with Gasteiger partial charge in [0.2, 0.25) is 0 Å². The van der Waals surface area contributed by atoms with Crippen LogP contribution in [0.1, 0.15) is 25.3 Å². The lowest BCUT2D eigenvalue weighted by Gasteiger charge is -2.30. The molecule has 1 fully saturated rings. The van der Waals surface area contributed by atoms with Crippen molar-refractivity contribution in [3.63, 3.8) is 0 Å². The number of carbonyl (C=O) groups is 1. The van der Waals surface area contributed by atoms with Crippen LogP contribution in [0.5, 0.6) is 0 Å². The Morgan fingerprint density at radius 2 is 2.14 bits per heavy atom. The molecule has 2 rings (SSSR count). The molecule has 1 N–H and O–H groups in total. The number of amides is 2. The molecule has 2 amide bonds. The smallest absolute Gasteiger partial charge is 0.317 e. The molecular weight excluding hydrogens is 286 g/mol. The number of carbonyl (C=O) groups excluding carboxylic acids is 1. The number of benzene rings is 1. The fourth-order valence-electron chi connectivity index (χ4n) is 2.56. The molecule has 112 valence electrons. The summed E-state index contributed by atoms with van der Waals surface area (Å²) in [5, 5.41) is 12.6. The molecule has 21 heavy (non-hydrogen) atoms. The summed E-state index contributed by atoms with van der Waals surface area (Å²) in [4.78, 5) is 14.0. The monoisotopic (exact) mass is 305 g/mol. The Hall–Kier alpha value is -1.73. The van der Waals surface area contributed by atoms with Crippen LogP contribution in [0.25, 0.3) is 0 Å². The Morgan fingerprint density at radius 1 is 1.48 bits per heavy atom. The summed E-state index contributed by atoms with van der Waals surface area (Å²) >= 11 is 6.13. The van der Waals surface area contributed by atoms with Crippen molar-refractivity contribution in [2.45, 2.75) is 32.2 Å². The zero-order valence-electron chi connectivity index (χ0n) is 12.2. The SMILES string of the molecule is C[C@@H](Cc1ccccc1Cl)NC(=O)N1CCC(C#N)CC1. The van der Waals surface area contributed by atoms with Crippen LogP contribution in [0.2, 0.25) is 5.02 Å². The van der Waals surface area contributed by atoms with E-state index in [0.29, 0.717) is 19.5 Å². The summed E-state index contributed by atoms with van der Waals surface area (Å²) in [6, 6.07) is 9.92. The highest BCUT2D eigenvalue weighted by Crippen LogP contribution is 2.18. The molecule has 0 spiro atoms. The van der Waals surface area contributed by atoms with Gasteiger partial charge in [0, 0.05) is 30.1 Å². The van der Waals surface area contributed by atoms with E-state index >= 15 is 0 Å². The maximum atomic E-state index is 12.2.